The fourth-order valence-electron chi connectivity index (χ4n) is 6.46. The molecule has 7 atom stereocenters. The molecule has 0 radical (unpaired) electrons. The Balaban J connectivity index is 1.63. The Morgan fingerprint density at radius 1 is 0.745 bits per heavy atom. The topological polar surface area (TPSA) is 73.8 Å². The van der Waals surface area contributed by atoms with Crippen LogP contribution in [0.4, 0.5) is 0 Å². The summed E-state index contributed by atoms with van der Waals surface area (Å²) in [7, 11) is -2.47. The predicted octanol–water partition coefficient (Wildman–Crippen LogP) is 9.29. The van der Waals surface area contributed by atoms with Gasteiger partial charge in [-0.3, -0.25) is 0 Å². The summed E-state index contributed by atoms with van der Waals surface area (Å²) in [6, 6.07) is 20.5. The summed E-state index contributed by atoms with van der Waals surface area (Å²) in [6.07, 6.45) is 0.228. The first-order chi connectivity index (χ1) is 23.9. The van der Waals surface area contributed by atoms with Crippen molar-refractivity contribution in [2.75, 3.05) is 27.1 Å². The Bertz CT molecular complexity index is 1310. The van der Waals surface area contributed by atoms with Crippen LogP contribution in [0.5, 0.6) is 0 Å². The average molecular weight is 745 g/mol. The Morgan fingerprint density at radius 2 is 1.31 bits per heavy atom. The first kappa shape index (κ1) is 42.3. The Labute approximate surface area is 311 Å². The number of hydrogen-bond acceptors (Lipinski definition) is 8. The smallest absolute Gasteiger partial charge is 0.192 e. The molecule has 0 aromatic heterocycles. The molecule has 0 bridgehead atoms. The largest absolute Gasteiger partial charge is 0.417 e. The first-order valence-corrected chi connectivity index (χ1v) is 24.7. The van der Waals surface area contributed by atoms with Crippen LogP contribution in [0.25, 0.3) is 0 Å². The van der Waals surface area contributed by atoms with Crippen molar-refractivity contribution in [3.8, 4) is 0 Å². The molecule has 2 aliphatic heterocycles. The molecule has 0 N–H and O–H groups in total. The number of hydrogen-bond donors (Lipinski definition) is 0. The fraction of sp³-hybridized carbons (Fsp3) is 0.707. The normalized spacial score (nSPS) is 27.7. The SMILES string of the molecule is COCO[C@@H]1[C@H](OCc2ccccc2)[C@@H](CCOCc2ccccc2)O[C@H]2C[C@@H](O[Si](C)(C)C(C)(C)C)[C@H](CCO[Si](C)(C)C(C)(C)C)O[C@@]21C. The summed E-state index contributed by atoms with van der Waals surface area (Å²) in [4.78, 5) is 0. The van der Waals surface area contributed by atoms with Gasteiger partial charge in [0.1, 0.15) is 24.6 Å². The molecule has 2 aromatic carbocycles. The monoisotopic (exact) mass is 744 g/mol. The zero-order valence-electron chi connectivity index (χ0n) is 33.7. The molecule has 0 unspecified atom stereocenters. The maximum atomic E-state index is 7.29. The van der Waals surface area contributed by atoms with Crippen LogP contribution in [0, 0.1) is 0 Å². The van der Waals surface area contributed by atoms with Crippen molar-refractivity contribution in [1.82, 2.24) is 0 Å². The van der Waals surface area contributed by atoms with Crippen molar-refractivity contribution in [3.05, 3.63) is 71.8 Å². The second-order valence-corrected chi connectivity index (χ2v) is 27.2. The molecule has 2 heterocycles. The van der Waals surface area contributed by atoms with Gasteiger partial charge in [-0.2, -0.15) is 0 Å². The van der Waals surface area contributed by atoms with E-state index in [0.717, 1.165) is 17.5 Å². The van der Waals surface area contributed by atoms with Gasteiger partial charge in [-0.1, -0.05) is 102 Å². The van der Waals surface area contributed by atoms with Gasteiger partial charge in [0, 0.05) is 26.7 Å². The van der Waals surface area contributed by atoms with Gasteiger partial charge in [0.25, 0.3) is 0 Å². The van der Waals surface area contributed by atoms with Crippen LogP contribution in [-0.2, 0) is 50.5 Å². The summed E-state index contributed by atoms with van der Waals surface area (Å²) < 4.78 is 53.4. The van der Waals surface area contributed by atoms with E-state index in [1.165, 1.54) is 0 Å². The van der Waals surface area contributed by atoms with Gasteiger partial charge in [-0.15, -0.1) is 0 Å². The van der Waals surface area contributed by atoms with Crippen molar-refractivity contribution in [2.45, 2.75) is 159 Å². The summed E-state index contributed by atoms with van der Waals surface area (Å²) in [5.74, 6) is 0. The van der Waals surface area contributed by atoms with Crippen LogP contribution in [0.15, 0.2) is 60.7 Å². The minimum atomic E-state index is -2.16. The zero-order chi connectivity index (χ0) is 37.5. The number of rotatable bonds is 17. The summed E-state index contributed by atoms with van der Waals surface area (Å²) in [5.41, 5.74) is 1.40. The third-order valence-electron chi connectivity index (χ3n) is 11.7. The van der Waals surface area contributed by atoms with E-state index in [9.17, 15) is 0 Å². The van der Waals surface area contributed by atoms with Crippen molar-refractivity contribution in [3.63, 3.8) is 0 Å². The molecule has 51 heavy (non-hydrogen) atoms. The van der Waals surface area contributed by atoms with Crippen LogP contribution in [-0.4, -0.2) is 86.0 Å². The highest BCUT2D eigenvalue weighted by atomic mass is 28.4. The van der Waals surface area contributed by atoms with E-state index < -0.39 is 34.4 Å². The molecular weight excluding hydrogens is 677 g/mol. The lowest BCUT2D eigenvalue weighted by Crippen LogP contribution is -2.71. The molecule has 4 rings (SSSR count). The average Bonchev–Trinajstić information content (AvgIpc) is 3.05. The molecule has 288 valence electrons. The van der Waals surface area contributed by atoms with E-state index in [-0.39, 0.29) is 41.3 Å². The first-order valence-electron chi connectivity index (χ1n) is 18.9. The number of fused-ring (bicyclic) bond motifs is 1. The molecule has 0 spiro atoms. The minimum absolute atomic E-state index is 0.0441. The van der Waals surface area contributed by atoms with E-state index in [4.69, 9.17) is 37.3 Å². The molecule has 2 saturated heterocycles. The molecule has 0 amide bonds. The second kappa shape index (κ2) is 17.8. The molecule has 2 aliphatic rings. The maximum Gasteiger partial charge on any atom is 0.192 e. The lowest BCUT2D eigenvalue weighted by atomic mass is 9.77. The van der Waals surface area contributed by atoms with Gasteiger partial charge in [0.05, 0.1) is 37.6 Å². The standard InChI is InChI=1S/C41H68O8Si2/c1-39(2,3)50(9,10)46-26-24-33-35(49-51(11,12)40(4,5)6)27-36-41(7,48-33)38(45-30-42-8)37(44-29-32-21-17-14-18-22-32)34(47-36)23-25-43-28-31-19-15-13-16-20-31/h13-22,33-38H,23-30H2,1-12H3/t33-,34+,35+,36-,37+,38+,41-/m0/s1. The molecule has 2 fully saturated rings. The van der Waals surface area contributed by atoms with Crippen molar-refractivity contribution in [1.29, 1.82) is 0 Å². The summed E-state index contributed by atoms with van der Waals surface area (Å²) in [6.45, 7) is 27.3. The van der Waals surface area contributed by atoms with Gasteiger partial charge in [-0.25, -0.2) is 0 Å². The van der Waals surface area contributed by atoms with Gasteiger partial charge >= 0.3 is 0 Å². The van der Waals surface area contributed by atoms with E-state index in [1.54, 1.807) is 7.11 Å². The van der Waals surface area contributed by atoms with Gasteiger partial charge in [0.15, 0.2) is 16.6 Å². The molecule has 2 aromatic rings. The van der Waals surface area contributed by atoms with E-state index >= 15 is 0 Å². The third kappa shape index (κ3) is 11.1. The fourth-order valence-corrected chi connectivity index (χ4v) is 8.87. The van der Waals surface area contributed by atoms with Crippen LogP contribution in [0.2, 0.25) is 36.3 Å². The highest BCUT2D eigenvalue weighted by Crippen LogP contribution is 2.47. The highest BCUT2D eigenvalue weighted by molar-refractivity contribution is 6.74. The predicted molar refractivity (Wildman–Crippen MR) is 209 cm³/mol. The summed E-state index contributed by atoms with van der Waals surface area (Å²) >= 11 is 0. The van der Waals surface area contributed by atoms with Gasteiger partial charge in [0.2, 0.25) is 0 Å². The maximum absolute atomic E-state index is 7.29. The molecule has 0 aliphatic carbocycles. The lowest BCUT2D eigenvalue weighted by Gasteiger charge is -2.58. The molecular formula is C41H68O8Si2. The lowest BCUT2D eigenvalue weighted by molar-refractivity contribution is -0.344. The van der Waals surface area contributed by atoms with E-state index in [1.807, 2.05) is 36.4 Å². The van der Waals surface area contributed by atoms with Gasteiger partial charge in [-0.05, 0) is 67.2 Å². The molecule has 0 saturated carbocycles. The number of methoxy groups -OCH3 is 1. The van der Waals surface area contributed by atoms with Gasteiger partial charge < -0.3 is 37.3 Å². The quantitative estimate of drug-likeness (QED) is 0.0902. The third-order valence-corrected chi connectivity index (χ3v) is 20.7. The van der Waals surface area contributed by atoms with Crippen LogP contribution >= 0.6 is 0 Å². The van der Waals surface area contributed by atoms with E-state index in [2.05, 4.69) is 98.9 Å². The second-order valence-electron chi connectivity index (χ2n) is 17.6. The van der Waals surface area contributed by atoms with E-state index in [0.29, 0.717) is 39.3 Å². The Kier molecular flexibility index (Phi) is 14.8. The molecule has 10 heteroatoms. The minimum Gasteiger partial charge on any atom is -0.417 e. The molecule has 8 nitrogen and oxygen atoms in total. The Hall–Kier alpha value is -1.45. The van der Waals surface area contributed by atoms with Crippen LogP contribution < -0.4 is 0 Å². The van der Waals surface area contributed by atoms with Crippen LogP contribution in [0.3, 0.4) is 0 Å². The van der Waals surface area contributed by atoms with Crippen molar-refractivity contribution >= 4 is 16.6 Å². The Morgan fingerprint density at radius 3 is 1.88 bits per heavy atom. The zero-order valence-corrected chi connectivity index (χ0v) is 35.7. The highest BCUT2D eigenvalue weighted by Gasteiger charge is 2.60. The number of benzene rings is 2. The van der Waals surface area contributed by atoms with Crippen molar-refractivity contribution < 1.29 is 37.3 Å². The van der Waals surface area contributed by atoms with Crippen LogP contribution in [0.1, 0.15) is 78.9 Å². The summed E-state index contributed by atoms with van der Waals surface area (Å²) in [5, 5.41) is 0.163. The number of ether oxygens (including phenoxy) is 6. The van der Waals surface area contributed by atoms with Crippen molar-refractivity contribution in [2.24, 2.45) is 0 Å².